The highest BCUT2D eigenvalue weighted by atomic mass is 32.2. The zero-order valence-electron chi connectivity index (χ0n) is 18.1. The van der Waals surface area contributed by atoms with E-state index < -0.39 is 10.8 Å². The molecular weight excluding hydrogens is 471 g/mol. The molecule has 1 heterocycles. The number of rotatable bonds is 8. The van der Waals surface area contributed by atoms with Gasteiger partial charge in [-0.2, -0.15) is 5.26 Å². The SMILES string of the molecule is N#Cc1cc([N+](=O)[O-])ccc1NC(=O)CSc1nnc(-c2ccc(F)cc2)n1Cc1ccccc1. The number of nitriles is 1. The molecule has 0 radical (unpaired) electrons. The number of non-ortho nitro benzene ring substituents is 1. The Hall–Kier alpha value is -4.56. The number of amides is 1. The van der Waals surface area contributed by atoms with Crippen LogP contribution in [0.15, 0.2) is 78.0 Å². The first-order chi connectivity index (χ1) is 16.9. The van der Waals surface area contributed by atoms with Crippen LogP contribution in [0.4, 0.5) is 15.8 Å². The molecule has 174 valence electrons. The van der Waals surface area contributed by atoms with E-state index in [2.05, 4.69) is 15.5 Å². The fourth-order valence-corrected chi connectivity index (χ4v) is 4.02. The summed E-state index contributed by atoms with van der Waals surface area (Å²) in [6.07, 6.45) is 0. The molecule has 11 heteroatoms. The van der Waals surface area contributed by atoms with Gasteiger partial charge in [-0.15, -0.1) is 10.2 Å². The van der Waals surface area contributed by atoms with Crippen LogP contribution in [0.2, 0.25) is 0 Å². The summed E-state index contributed by atoms with van der Waals surface area (Å²) in [6, 6.07) is 21.0. The number of nitrogens with one attached hydrogen (secondary N) is 1. The van der Waals surface area contributed by atoms with Gasteiger partial charge in [0.25, 0.3) is 5.69 Å². The van der Waals surface area contributed by atoms with Gasteiger partial charge in [0.2, 0.25) is 5.91 Å². The van der Waals surface area contributed by atoms with Crippen LogP contribution in [-0.4, -0.2) is 31.3 Å². The van der Waals surface area contributed by atoms with Crippen molar-refractivity contribution in [3.63, 3.8) is 0 Å². The van der Waals surface area contributed by atoms with Gasteiger partial charge in [-0.05, 0) is 35.9 Å². The minimum absolute atomic E-state index is 0.0107. The second-order valence-corrected chi connectivity index (χ2v) is 8.26. The molecular formula is C24H17FN6O3S. The molecule has 0 aliphatic rings. The first-order valence-electron chi connectivity index (χ1n) is 10.3. The molecule has 0 aliphatic heterocycles. The number of nitro groups is 1. The average Bonchev–Trinajstić information content (AvgIpc) is 3.26. The van der Waals surface area contributed by atoms with E-state index in [0.29, 0.717) is 23.1 Å². The Morgan fingerprint density at radius 2 is 1.86 bits per heavy atom. The molecule has 35 heavy (non-hydrogen) atoms. The number of halogens is 1. The summed E-state index contributed by atoms with van der Waals surface area (Å²) in [4.78, 5) is 22.9. The van der Waals surface area contributed by atoms with Crippen molar-refractivity contribution in [3.8, 4) is 17.5 Å². The molecule has 9 nitrogen and oxygen atoms in total. The van der Waals surface area contributed by atoms with Crippen LogP contribution in [0.1, 0.15) is 11.1 Å². The normalized spacial score (nSPS) is 10.5. The third-order valence-corrected chi connectivity index (χ3v) is 5.91. The van der Waals surface area contributed by atoms with E-state index in [-0.39, 0.29) is 28.5 Å². The number of aromatic nitrogens is 3. The first-order valence-corrected chi connectivity index (χ1v) is 11.3. The topological polar surface area (TPSA) is 127 Å². The number of hydrogen-bond acceptors (Lipinski definition) is 7. The number of nitro benzene ring substituents is 1. The molecule has 0 fully saturated rings. The molecule has 0 saturated carbocycles. The molecule has 0 spiro atoms. The summed E-state index contributed by atoms with van der Waals surface area (Å²) in [7, 11) is 0. The zero-order valence-corrected chi connectivity index (χ0v) is 18.9. The van der Waals surface area contributed by atoms with Crippen LogP contribution in [0.3, 0.4) is 0 Å². The second-order valence-electron chi connectivity index (χ2n) is 7.32. The van der Waals surface area contributed by atoms with Crippen molar-refractivity contribution in [2.45, 2.75) is 11.7 Å². The van der Waals surface area contributed by atoms with E-state index in [1.807, 2.05) is 41.0 Å². The number of benzene rings is 3. The van der Waals surface area contributed by atoms with Crippen molar-refractivity contribution in [1.29, 1.82) is 5.26 Å². The standard InChI is InChI=1S/C24H17FN6O3S/c25-19-8-6-17(7-9-19)23-28-29-24(30(23)14-16-4-2-1-3-5-16)35-15-22(32)27-21-11-10-20(31(33)34)12-18(21)13-26/h1-12H,14-15H2,(H,27,32). The molecule has 1 aromatic heterocycles. The number of nitrogens with zero attached hydrogens (tertiary/aromatic N) is 5. The van der Waals surface area contributed by atoms with E-state index in [4.69, 9.17) is 0 Å². The highest BCUT2D eigenvalue weighted by molar-refractivity contribution is 7.99. The number of thioether (sulfide) groups is 1. The largest absolute Gasteiger partial charge is 0.324 e. The Bertz CT molecular complexity index is 1420. The van der Waals surface area contributed by atoms with Gasteiger partial charge >= 0.3 is 0 Å². The van der Waals surface area contributed by atoms with Crippen LogP contribution in [0.5, 0.6) is 0 Å². The molecule has 0 bridgehead atoms. The second kappa shape index (κ2) is 10.6. The predicted molar refractivity (Wildman–Crippen MR) is 128 cm³/mol. The van der Waals surface area contributed by atoms with Crippen molar-refractivity contribution >= 4 is 29.0 Å². The average molecular weight is 489 g/mol. The lowest BCUT2D eigenvalue weighted by molar-refractivity contribution is -0.384. The van der Waals surface area contributed by atoms with Crippen molar-refractivity contribution in [1.82, 2.24) is 14.8 Å². The Balaban J connectivity index is 1.54. The summed E-state index contributed by atoms with van der Waals surface area (Å²) in [6.45, 7) is 0.436. The number of carbonyl (C=O) groups excluding carboxylic acids is 1. The predicted octanol–water partition coefficient (Wildman–Crippen LogP) is 4.64. The Labute approximate surface area is 203 Å². The number of anilines is 1. The number of carbonyl (C=O) groups is 1. The minimum Gasteiger partial charge on any atom is -0.324 e. The van der Waals surface area contributed by atoms with Crippen LogP contribution in [0.25, 0.3) is 11.4 Å². The lowest BCUT2D eigenvalue weighted by Crippen LogP contribution is -2.15. The van der Waals surface area contributed by atoms with Gasteiger partial charge in [0.05, 0.1) is 28.5 Å². The van der Waals surface area contributed by atoms with Gasteiger partial charge in [0, 0.05) is 17.7 Å². The lowest BCUT2D eigenvalue weighted by Gasteiger charge is -2.11. The highest BCUT2D eigenvalue weighted by Gasteiger charge is 2.18. The van der Waals surface area contributed by atoms with Crippen LogP contribution in [0, 0.1) is 27.3 Å². The molecule has 1 amide bonds. The summed E-state index contributed by atoms with van der Waals surface area (Å²) in [5, 5.41) is 31.8. The quantitative estimate of drug-likeness (QED) is 0.217. The Morgan fingerprint density at radius 3 is 2.54 bits per heavy atom. The van der Waals surface area contributed by atoms with Crippen LogP contribution < -0.4 is 5.32 Å². The summed E-state index contributed by atoms with van der Waals surface area (Å²) in [5.41, 5.74) is 1.60. The van der Waals surface area contributed by atoms with Gasteiger partial charge in [0.1, 0.15) is 11.9 Å². The monoisotopic (exact) mass is 488 g/mol. The number of hydrogen-bond donors (Lipinski definition) is 1. The van der Waals surface area contributed by atoms with Crippen molar-refractivity contribution in [3.05, 3.63) is 99.9 Å². The van der Waals surface area contributed by atoms with E-state index in [9.17, 15) is 24.6 Å². The zero-order chi connectivity index (χ0) is 24.8. The summed E-state index contributed by atoms with van der Waals surface area (Å²) in [5.74, 6) is -0.299. The molecule has 0 aliphatic carbocycles. The summed E-state index contributed by atoms with van der Waals surface area (Å²) < 4.78 is 15.3. The van der Waals surface area contributed by atoms with Gasteiger partial charge in [-0.1, -0.05) is 42.1 Å². The maximum Gasteiger partial charge on any atom is 0.270 e. The van der Waals surface area contributed by atoms with Crippen molar-refractivity contribution in [2.75, 3.05) is 11.1 Å². The summed E-state index contributed by atoms with van der Waals surface area (Å²) >= 11 is 1.15. The minimum atomic E-state index is -0.611. The van der Waals surface area contributed by atoms with E-state index in [1.165, 1.54) is 24.3 Å². The highest BCUT2D eigenvalue weighted by Crippen LogP contribution is 2.26. The molecule has 3 aromatic carbocycles. The van der Waals surface area contributed by atoms with E-state index in [1.54, 1.807) is 12.1 Å². The molecule has 0 saturated heterocycles. The lowest BCUT2D eigenvalue weighted by atomic mass is 10.1. The third-order valence-electron chi connectivity index (χ3n) is 4.94. The molecule has 1 N–H and O–H groups in total. The van der Waals surface area contributed by atoms with E-state index in [0.717, 1.165) is 23.4 Å². The fourth-order valence-electron chi connectivity index (χ4n) is 3.28. The third kappa shape index (κ3) is 5.69. The molecule has 0 unspecified atom stereocenters. The van der Waals surface area contributed by atoms with Crippen LogP contribution in [-0.2, 0) is 11.3 Å². The smallest absolute Gasteiger partial charge is 0.270 e. The van der Waals surface area contributed by atoms with E-state index >= 15 is 0 Å². The molecule has 0 atom stereocenters. The Kier molecular flexibility index (Phi) is 7.13. The van der Waals surface area contributed by atoms with Crippen LogP contribution >= 0.6 is 11.8 Å². The maximum absolute atomic E-state index is 13.4. The van der Waals surface area contributed by atoms with Gasteiger partial charge in [-0.25, -0.2) is 4.39 Å². The van der Waals surface area contributed by atoms with Crippen molar-refractivity contribution in [2.24, 2.45) is 0 Å². The molecule has 4 aromatic rings. The first kappa shape index (κ1) is 23.6. The van der Waals surface area contributed by atoms with Gasteiger partial charge in [-0.3, -0.25) is 19.5 Å². The molecule has 4 rings (SSSR count). The van der Waals surface area contributed by atoms with Crippen molar-refractivity contribution < 1.29 is 14.1 Å². The van der Waals surface area contributed by atoms with Gasteiger partial charge < -0.3 is 5.32 Å². The Morgan fingerprint density at radius 1 is 1.11 bits per heavy atom. The maximum atomic E-state index is 13.4. The fraction of sp³-hybridized carbons (Fsp3) is 0.0833. The van der Waals surface area contributed by atoms with Gasteiger partial charge in [0.15, 0.2) is 11.0 Å².